The molecule has 0 heterocycles. The van der Waals surface area contributed by atoms with Crippen molar-refractivity contribution >= 4 is 32.0 Å². The van der Waals surface area contributed by atoms with Crippen molar-refractivity contribution in [2.24, 2.45) is 0 Å². The Balaban J connectivity index is 2.34. The summed E-state index contributed by atoms with van der Waals surface area (Å²) in [4.78, 5) is 12.4. The first-order valence-electron chi connectivity index (χ1n) is 8.10. The van der Waals surface area contributed by atoms with Crippen molar-refractivity contribution in [2.45, 2.75) is 31.9 Å². The fourth-order valence-electron chi connectivity index (χ4n) is 2.53. The number of aromatic hydroxyl groups is 1. The topological polar surface area (TPSA) is 46.5 Å². The molecule has 0 aliphatic rings. The van der Waals surface area contributed by atoms with Crippen molar-refractivity contribution in [3.05, 3.63) is 59.2 Å². The van der Waals surface area contributed by atoms with Crippen LogP contribution >= 0.6 is 0 Å². The van der Waals surface area contributed by atoms with Crippen LogP contribution in [-0.2, 0) is 5.41 Å². The Kier molecular flexibility index (Phi) is 6.13. The van der Waals surface area contributed by atoms with Gasteiger partial charge in [0.25, 0.3) is 0 Å². The van der Waals surface area contributed by atoms with Gasteiger partial charge >= 0.3 is 156 Å². The van der Waals surface area contributed by atoms with Crippen LogP contribution in [0.2, 0.25) is 5.71 Å². The molecule has 131 valence electrons. The summed E-state index contributed by atoms with van der Waals surface area (Å²) < 4.78 is 6.64. The minimum atomic E-state index is -0.207. The summed E-state index contributed by atoms with van der Waals surface area (Å²) in [5.41, 5.74) is 4.23. The van der Waals surface area contributed by atoms with Crippen LogP contribution in [0.3, 0.4) is 0 Å². The van der Waals surface area contributed by atoms with Crippen LogP contribution in [0.1, 0.15) is 42.3 Å². The predicted molar refractivity (Wildman–Crippen MR) is 104 cm³/mol. The Labute approximate surface area is 156 Å². The van der Waals surface area contributed by atoms with Crippen molar-refractivity contribution < 1.29 is 14.6 Å². The quantitative estimate of drug-likeness (QED) is 0.470. The van der Waals surface area contributed by atoms with Crippen LogP contribution in [-0.4, -0.2) is 33.8 Å². The molecule has 0 aliphatic heterocycles. The van der Waals surface area contributed by atoms with Gasteiger partial charge in [0.1, 0.15) is 0 Å². The van der Waals surface area contributed by atoms with E-state index < -0.39 is 0 Å². The second kappa shape index (κ2) is 7.93. The van der Waals surface area contributed by atoms with E-state index in [1.807, 2.05) is 51.1 Å². The number of ether oxygens (including phenoxy) is 1. The number of phenolic OH excluding ortho intramolecular Hbond substituents is 1. The summed E-state index contributed by atoms with van der Waals surface area (Å²) in [5.74, 6) is 0.692. The average Bonchev–Trinajstić information content (AvgIpc) is 2.59. The van der Waals surface area contributed by atoms with Gasteiger partial charge in [0, 0.05) is 0 Å². The summed E-state index contributed by atoms with van der Waals surface area (Å²) in [6.45, 7) is 6.10. The van der Waals surface area contributed by atoms with Gasteiger partial charge < -0.3 is 0 Å². The summed E-state index contributed by atoms with van der Waals surface area (Å²) >= 11 is 0.172. The van der Waals surface area contributed by atoms with E-state index >= 15 is 0 Å². The first-order chi connectivity index (χ1) is 11.8. The van der Waals surface area contributed by atoms with Gasteiger partial charge in [-0.15, -0.1) is 0 Å². The maximum absolute atomic E-state index is 12.4. The van der Waals surface area contributed by atoms with Gasteiger partial charge in [-0.1, -0.05) is 0 Å². The number of allylic oxidation sites excluding steroid dienone is 1. The molecule has 0 aromatic heterocycles. The van der Waals surface area contributed by atoms with Gasteiger partial charge in [0.15, 0.2) is 0 Å². The third-order valence-corrected chi connectivity index (χ3v) is 5.69. The molecule has 0 saturated heterocycles. The normalized spacial score (nSPS) is 12.2. The minimum absolute atomic E-state index is 0.0497. The van der Waals surface area contributed by atoms with E-state index in [0.717, 1.165) is 11.1 Å². The zero-order valence-electron chi connectivity index (χ0n) is 15.3. The Morgan fingerprint density at radius 1 is 1.16 bits per heavy atom. The first-order valence-corrected chi connectivity index (χ1v) is 10.9. The molecule has 2 rings (SSSR count). The van der Waals surface area contributed by atoms with Gasteiger partial charge in [-0.2, -0.15) is 0 Å². The molecule has 0 spiro atoms. The number of ketones is 1. The predicted octanol–water partition coefficient (Wildman–Crippen LogP) is 3.97. The molecule has 0 saturated carbocycles. The van der Waals surface area contributed by atoms with E-state index in [1.54, 1.807) is 25.3 Å². The molecule has 0 aliphatic carbocycles. The Bertz CT molecular complexity index is 784. The molecule has 0 atom stereocenters. The molecule has 3 nitrogen and oxygen atoms in total. The van der Waals surface area contributed by atoms with Crippen molar-refractivity contribution in [3.63, 3.8) is 0 Å². The maximum atomic E-state index is 12.4. The van der Waals surface area contributed by atoms with Gasteiger partial charge in [-0.3, -0.25) is 0 Å². The standard InChI is InChI=1S/C21H24AsO3/c1-21(2,3)17-12-15(20(25-5)13-19(17)24)8-11-18(23)14-6-9-16(22-4)10-7-14/h6-13,24H,1-5H3/b11-8+. The molecule has 25 heavy (non-hydrogen) atoms. The Morgan fingerprint density at radius 2 is 1.80 bits per heavy atom. The van der Waals surface area contributed by atoms with Crippen LogP contribution in [0.15, 0.2) is 42.5 Å². The van der Waals surface area contributed by atoms with Gasteiger partial charge in [-0.05, 0) is 0 Å². The second-order valence-electron chi connectivity index (χ2n) is 6.83. The van der Waals surface area contributed by atoms with Crippen LogP contribution in [0, 0.1) is 0 Å². The number of phenols is 1. The average molecular weight is 399 g/mol. The van der Waals surface area contributed by atoms with E-state index in [-0.39, 0.29) is 32.7 Å². The Hall–Kier alpha value is -1.99. The molecule has 1 radical (unpaired) electrons. The van der Waals surface area contributed by atoms with E-state index in [1.165, 1.54) is 4.35 Å². The zero-order valence-corrected chi connectivity index (χ0v) is 17.2. The second-order valence-corrected chi connectivity index (χ2v) is 8.85. The van der Waals surface area contributed by atoms with Crippen LogP contribution in [0.5, 0.6) is 11.5 Å². The molecular weight excluding hydrogens is 375 g/mol. The summed E-state index contributed by atoms with van der Waals surface area (Å²) in [6.07, 6.45) is 3.30. The monoisotopic (exact) mass is 399 g/mol. The molecule has 0 unspecified atom stereocenters. The first kappa shape index (κ1) is 19.3. The van der Waals surface area contributed by atoms with E-state index in [4.69, 9.17) is 4.74 Å². The van der Waals surface area contributed by atoms with Gasteiger partial charge in [0.05, 0.1) is 0 Å². The summed E-state index contributed by atoms with van der Waals surface area (Å²) in [5, 5.41) is 10.2. The third kappa shape index (κ3) is 4.76. The molecule has 1 N–H and O–H groups in total. The molecule has 2 aromatic carbocycles. The number of hydrogen-bond acceptors (Lipinski definition) is 3. The number of carbonyl (C=O) groups excluding carboxylic acids is 1. The molecule has 4 heteroatoms. The molecule has 0 fully saturated rings. The van der Waals surface area contributed by atoms with E-state index in [9.17, 15) is 9.90 Å². The van der Waals surface area contributed by atoms with Crippen LogP contribution in [0.25, 0.3) is 6.08 Å². The summed E-state index contributed by atoms with van der Waals surface area (Å²) in [7, 11) is 1.55. The van der Waals surface area contributed by atoms with Crippen molar-refractivity contribution in [2.75, 3.05) is 7.11 Å². The Morgan fingerprint density at radius 3 is 2.32 bits per heavy atom. The van der Waals surface area contributed by atoms with E-state index in [0.29, 0.717) is 11.3 Å². The van der Waals surface area contributed by atoms with Crippen molar-refractivity contribution in [3.8, 4) is 11.5 Å². The third-order valence-electron chi connectivity index (χ3n) is 3.98. The SMILES string of the molecule is COc1cc(O)c(C(C)(C)C)cc1/C=C/C(=O)c1ccc([As]C)cc1. The number of methoxy groups -OCH3 is 1. The molecule has 0 amide bonds. The number of carbonyl (C=O) groups is 1. The van der Waals surface area contributed by atoms with Crippen LogP contribution in [0.4, 0.5) is 0 Å². The number of rotatable bonds is 5. The fraction of sp³-hybridized carbons (Fsp3) is 0.286. The van der Waals surface area contributed by atoms with Crippen LogP contribution < -0.4 is 9.09 Å². The molecule has 0 bridgehead atoms. The number of hydrogen-bond donors (Lipinski definition) is 1. The van der Waals surface area contributed by atoms with Crippen molar-refractivity contribution in [1.29, 1.82) is 0 Å². The van der Waals surface area contributed by atoms with Gasteiger partial charge in [-0.25, -0.2) is 0 Å². The molecular formula is C21H24AsO3. The summed E-state index contributed by atoms with van der Waals surface area (Å²) in [6, 6.07) is 11.2. The number of benzene rings is 2. The fourth-order valence-corrected chi connectivity index (χ4v) is 3.47. The van der Waals surface area contributed by atoms with E-state index in [2.05, 4.69) is 5.71 Å². The molecule has 2 aromatic rings. The van der Waals surface area contributed by atoms with Gasteiger partial charge in [0.2, 0.25) is 0 Å². The zero-order chi connectivity index (χ0) is 18.6. The van der Waals surface area contributed by atoms with Crippen molar-refractivity contribution in [1.82, 2.24) is 0 Å².